The Kier molecular flexibility index (Phi) is 13.9. The van der Waals surface area contributed by atoms with E-state index in [9.17, 15) is 14.4 Å². The van der Waals surface area contributed by atoms with Crippen LogP contribution in [0.3, 0.4) is 0 Å². The summed E-state index contributed by atoms with van der Waals surface area (Å²) in [4.78, 5) is 31.9. The largest absolute Gasteiger partial charge is 0.504 e. The van der Waals surface area contributed by atoms with Crippen molar-refractivity contribution in [3.63, 3.8) is 0 Å². The average Bonchev–Trinajstić information content (AvgIpc) is 2.92. The van der Waals surface area contributed by atoms with E-state index in [1.54, 1.807) is 12.1 Å². The van der Waals surface area contributed by atoms with E-state index in [-0.39, 0.29) is 24.3 Å². The van der Waals surface area contributed by atoms with Gasteiger partial charge in [0.1, 0.15) is 54.9 Å². The molecule has 226 valence electrons. The Labute approximate surface area is 226 Å². The first-order valence-electron chi connectivity index (χ1n) is 11.7. The van der Waals surface area contributed by atoms with Crippen LogP contribution in [-0.2, 0) is 14.4 Å². The van der Waals surface area contributed by atoms with Gasteiger partial charge in [0.2, 0.25) is 0 Å². The van der Waals surface area contributed by atoms with E-state index in [1.807, 2.05) is 0 Å². The van der Waals surface area contributed by atoms with Gasteiger partial charge in [-0.3, -0.25) is 14.4 Å². The third kappa shape index (κ3) is 9.65. The standard InChI is InChI=1S/2C6H10O5.C6H8O4.C6H6O2/c2*7-2-1-3(8)5(10)6(11)4(2)9;7-3-1-2-4(8)6(10)5(3)9;7-5-3-1-2-4-6(5)8/h2*2,4-7,9-11H,1H2;1-3,5-7,9-10H;1-4,7-8H/t2*2-,4+,5-,6-;3-,5+,6+;/m110./s1. The maximum Gasteiger partial charge on any atom is 0.186 e. The van der Waals surface area contributed by atoms with Crippen LogP contribution in [0.4, 0.5) is 0 Å². The third-order valence-electron chi connectivity index (χ3n) is 5.92. The van der Waals surface area contributed by atoms with Crippen molar-refractivity contribution in [2.75, 3.05) is 0 Å². The van der Waals surface area contributed by atoms with Crippen molar-refractivity contribution in [1.29, 1.82) is 0 Å². The van der Waals surface area contributed by atoms with Crippen molar-refractivity contribution < 1.29 is 80.8 Å². The van der Waals surface area contributed by atoms with Gasteiger partial charge in [-0.2, -0.15) is 0 Å². The molecule has 16 heteroatoms. The molecule has 2 saturated carbocycles. The van der Waals surface area contributed by atoms with Gasteiger partial charge in [0, 0.05) is 12.8 Å². The van der Waals surface area contributed by atoms with Gasteiger partial charge < -0.3 is 66.4 Å². The molecule has 16 nitrogen and oxygen atoms in total. The first-order valence-corrected chi connectivity index (χ1v) is 11.7. The van der Waals surface area contributed by atoms with Gasteiger partial charge >= 0.3 is 0 Å². The maximum absolute atomic E-state index is 10.7. The number of Topliss-reactive ketones (excluding diaryl/α,β-unsaturated/α-hetero) is 2. The number of aliphatic hydroxyl groups is 11. The molecule has 0 amide bonds. The number of rotatable bonds is 0. The molecule has 1 aromatic rings. The molecule has 0 aliphatic heterocycles. The minimum Gasteiger partial charge on any atom is -0.504 e. The highest BCUT2D eigenvalue weighted by Gasteiger charge is 2.41. The zero-order valence-electron chi connectivity index (χ0n) is 20.8. The zero-order chi connectivity index (χ0) is 30.9. The number of hydrogen-bond donors (Lipinski definition) is 13. The molecular weight excluding hydrogens is 544 g/mol. The van der Waals surface area contributed by atoms with E-state index < -0.39 is 84.5 Å². The van der Waals surface area contributed by atoms with Crippen LogP contribution >= 0.6 is 0 Å². The molecule has 0 aromatic heterocycles. The van der Waals surface area contributed by atoms with Crippen molar-refractivity contribution in [2.45, 2.75) is 80.0 Å². The van der Waals surface area contributed by atoms with Crippen molar-refractivity contribution >= 4 is 17.3 Å². The Morgan fingerprint density at radius 2 is 0.900 bits per heavy atom. The molecule has 4 rings (SSSR count). The molecule has 0 heterocycles. The first kappa shape index (κ1) is 35.2. The van der Waals surface area contributed by atoms with Gasteiger partial charge in [0.15, 0.2) is 28.8 Å². The summed E-state index contributed by atoms with van der Waals surface area (Å²) in [6, 6.07) is 6.15. The second kappa shape index (κ2) is 15.8. The van der Waals surface area contributed by atoms with Gasteiger partial charge in [-0.15, -0.1) is 0 Å². The Morgan fingerprint density at radius 1 is 0.525 bits per heavy atom. The molecule has 40 heavy (non-hydrogen) atoms. The SMILES string of the molecule is O=C1C=C[C@H](O)[C@@H](O)[C@@H]1O.O=C1C[C@@H](O)[C@H](O)[C@@H](O)[C@@H]1O.O=C1C[C@@H](O)[C@H](O)[C@@H](O)[C@@H]1O.Oc1ccccc1O. The summed E-state index contributed by atoms with van der Waals surface area (Å²) in [7, 11) is 0. The van der Waals surface area contributed by atoms with Gasteiger partial charge in [0.25, 0.3) is 0 Å². The zero-order valence-corrected chi connectivity index (χ0v) is 20.8. The smallest absolute Gasteiger partial charge is 0.186 e. The van der Waals surface area contributed by atoms with Crippen LogP contribution in [-0.4, -0.2) is 151 Å². The Balaban J connectivity index is 0.000000268. The number of phenols is 2. The van der Waals surface area contributed by atoms with Crippen molar-refractivity contribution in [1.82, 2.24) is 0 Å². The van der Waals surface area contributed by atoms with Crippen LogP contribution in [0.15, 0.2) is 36.4 Å². The van der Waals surface area contributed by atoms with Crippen LogP contribution in [0.25, 0.3) is 0 Å². The second-order valence-corrected chi connectivity index (χ2v) is 9.00. The number of benzene rings is 1. The fourth-order valence-electron chi connectivity index (χ4n) is 3.33. The van der Waals surface area contributed by atoms with Gasteiger partial charge in [-0.25, -0.2) is 0 Å². The molecule has 3 aliphatic carbocycles. The summed E-state index contributed by atoms with van der Waals surface area (Å²) in [6.07, 6.45) is -14.0. The van der Waals surface area contributed by atoms with Crippen molar-refractivity contribution in [2.24, 2.45) is 0 Å². The summed E-state index contributed by atoms with van der Waals surface area (Å²) in [5, 5.41) is 115. The van der Waals surface area contributed by atoms with E-state index in [2.05, 4.69) is 0 Å². The minimum absolute atomic E-state index is 0.0764. The summed E-state index contributed by atoms with van der Waals surface area (Å²) in [6.45, 7) is 0. The molecule has 13 N–H and O–H groups in total. The van der Waals surface area contributed by atoms with Gasteiger partial charge in [-0.1, -0.05) is 12.1 Å². The third-order valence-corrected chi connectivity index (χ3v) is 5.92. The van der Waals surface area contributed by atoms with E-state index in [4.69, 9.17) is 66.4 Å². The van der Waals surface area contributed by atoms with Crippen LogP contribution < -0.4 is 0 Å². The van der Waals surface area contributed by atoms with Crippen LogP contribution in [0.1, 0.15) is 12.8 Å². The lowest BCUT2D eigenvalue weighted by atomic mass is 9.89. The second-order valence-electron chi connectivity index (χ2n) is 9.00. The molecule has 0 bridgehead atoms. The van der Waals surface area contributed by atoms with E-state index in [1.165, 1.54) is 12.1 Å². The molecule has 0 spiro atoms. The van der Waals surface area contributed by atoms with Gasteiger partial charge in [0.05, 0.1) is 12.2 Å². The number of carbonyl (C=O) groups is 3. The first-order chi connectivity index (χ1) is 18.5. The lowest BCUT2D eigenvalue weighted by Gasteiger charge is -2.30. The normalized spacial score (nSPS) is 37.2. The monoisotopic (exact) mass is 578 g/mol. The summed E-state index contributed by atoms with van der Waals surface area (Å²) >= 11 is 0. The van der Waals surface area contributed by atoms with Crippen molar-refractivity contribution in [3.8, 4) is 11.5 Å². The number of ketones is 3. The van der Waals surface area contributed by atoms with Crippen LogP contribution in [0.5, 0.6) is 11.5 Å². The quantitative estimate of drug-likeness (QED) is 0.127. The highest BCUT2D eigenvalue weighted by molar-refractivity contribution is 5.95. The number of hydrogen-bond acceptors (Lipinski definition) is 16. The number of para-hydroxylation sites is 2. The van der Waals surface area contributed by atoms with E-state index in [0.29, 0.717) is 0 Å². The average molecular weight is 579 g/mol. The highest BCUT2D eigenvalue weighted by atomic mass is 16.4. The Hall–Kier alpha value is -2.87. The topological polar surface area (TPSA) is 314 Å². The molecule has 0 saturated heterocycles. The van der Waals surface area contributed by atoms with Crippen molar-refractivity contribution in [3.05, 3.63) is 36.4 Å². The molecule has 1 aromatic carbocycles. The number of phenolic OH excluding ortho intramolecular Hbond substituents is 2. The fraction of sp³-hybridized carbons (Fsp3) is 0.542. The van der Waals surface area contributed by atoms with E-state index >= 15 is 0 Å². The fourth-order valence-corrected chi connectivity index (χ4v) is 3.33. The minimum atomic E-state index is -1.56. The summed E-state index contributed by atoms with van der Waals surface area (Å²) < 4.78 is 0. The maximum atomic E-state index is 10.7. The molecule has 0 radical (unpaired) electrons. The molecule has 0 unspecified atom stereocenters. The summed E-state index contributed by atoms with van der Waals surface area (Å²) in [5.74, 6) is -2.01. The van der Waals surface area contributed by atoms with Crippen LogP contribution in [0, 0.1) is 0 Å². The Bertz CT molecular complexity index is 955. The number of aliphatic hydroxyl groups excluding tert-OH is 11. The molecule has 3 aliphatic rings. The predicted octanol–water partition coefficient (Wildman–Crippen LogP) is -5.89. The van der Waals surface area contributed by atoms with Crippen LogP contribution in [0.2, 0.25) is 0 Å². The van der Waals surface area contributed by atoms with E-state index in [0.717, 1.165) is 12.2 Å². The predicted molar refractivity (Wildman–Crippen MR) is 129 cm³/mol. The lowest BCUT2D eigenvalue weighted by molar-refractivity contribution is -0.162. The number of carbonyl (C=O) groups excluding carboxylic acids is 3. The summed E-state index contributed by atoms with van der Waals surface area (Å²) in [5.41, 5.74) is 0. The number of aromatic hydroxyl groups is 2. The lowest BCUT2D eigenvalue weighted by Crippen LogP contribution is -2.53. The molecular formula is C24H34O16. The molecule has 2 fully saturated rings. The highest BCUT2D eigenvalue weighted by Crippen LogP contribution is 2.21. The molecule has 11 atom stereocenters. The van der Waals surface area contributed by atoms with Gasteiger partial charge in [-0.05, 0) is 24.3 Å². The Morgan fingerprint density at radius 3 is 1.23 bits per heavy atom.